The Labute approximate surface area is 108 Å². The van der Waals surface area contributed by atoms with Gasteiger partial charge in [0.15, 0.2) is 0 Å². The van der Waals surface area contributed by atoms with E-state index in [1.165, 1.54) is 33.5 Å². The standard InChI is InChI=1S/C18H18/c1-3-13(2)17-10-6-9-16-11-14-7-4-5-8-15(14)12-18(16)17/h4-13H,3H2,1-2H3. The molecule has 0 aliphatic carbocycles. The zero-order valence-corrected chi connectivity index (χ0v) is 11.0. The maximum atomic E-state index is 2.34. The van der Waals surface area contributed by atoms with E-state index in [0.717, 1.165) is 0 Å². The van der Waals surface area contributed by atoms with Crippen LogP contribution in [0.2, 0.25) is 0 Å². The second kappa shape index (κ2) is 4.45. The molecule has 1 unspecified atom stereocenters. The van der Waals surface area contributed by atoms with Crippen LogP contribution in [0.4, 0.5) is 0 Å². The van der Waals surface area contributed by atoms with Crippen molar-refractivity contribution in [2.45, 2.75) is 26.2 Å². The van der Waals surface area contributed by atoms with Gasteiger partial charge in [0, 0.05) is 0 Å². The molecule has 3 aromatic carbocycles. The van der Waals surface area contributed by atoms with Crippen LogP contribution in [0.3, 0.4) is 0 Å². The first-order chi connectivity index (χ1) is 8.79. The second-order valence-corrected chi connectivity index (χ2v) is 5.08. The first-order valence-electron chi connectivity index (χ1n) is 6.71. The van der Waals surface area contributed by atoms with Crippen molar-refractivity contribution >= 4 is 21.5 Å². The van der Waals surface area contributed by atoms with Crippen LogP contribution in [0.25, 0.3) is 21.5 Å². The predicted molar refractivity (Wildman–Crippen MR) is 80.2 cm³/mol. The van der Waals surface area contributed by atoms with Crippen molar-refractivity contribution in [3.8, 4) is 0 Å². The fraction of sp³-hybridized carbons (Fsp3) is 0.222. The van der Waals surface area contributed by atoms with Gasteiger partial charge in [-0.1, -0.05) is 56.3 Å². The summed E-state index contributed by atoms with van der Waals surface area (Å²) in [6.45, 7) is 4.56. The number of rotatable bonds is 2. The molecule has 0 heteroatoms. The summed E-state index contributed by atoms with van der Waals surface area (Å²) in [5.41, 5.74) is 1.47. The third-order valence-corrected chi connectivity index (χ3v) is 3.92. The highest BCUT2D eigenvalue weighted by atomic mass is 14.1. The molecule has 0 aliphatic heterocycles. The van der Waals surface area contributed by atoms with Crippen LogP contribution in [0.15, 0.2) is 54.6 Å². The molecule has 0 saturated heterocycles. The van der Waals surface area contributed by atoms with E-state index in [4.69, 9.17) is 0 Å². The Morgan fingerprint density at radius 2 is 1.50 bits per heavy atom. The van der Waals surface area contributed by atoms with Gasteiger partial charge in [-0.2, -0.15) is 0 Å². The molecule has 0 fully saturated rings. The molecule has 0 aliphatic rings. The lowest BCUT2D eigenvalue weighted by Gasteiger charge is -2.13. The van der Waals surface area contributed by atoms with Crippen LogP contribution >= 0.6 is 0 Å². The molecular formula is C18H18. The van der Waals surface area contributed by atoms with Gasteiger partial charge in [0.1, 0.15) is 0 Å². The fourth-order valence-electron chi connectivity index (χ4n) is 2.64. The first-order valence-corrected chi connectivity index (χ1v) is 6.71. The molecule has 1 atom stereocenters. The minimum atomic E-state index is 0.620. The highest BCUT2D eigenvalue weighted by Gasteiger charge is 2.08. The minimum absolute atomic E-state index is 0.620. The lowest BCUT2D eigenvalue weighted by Crippen LogP contribution is -1.92. The van der Waals surface area contributed by atoms with Crippen LogP contribution in [-0.2, 0) is 0 Å². The summed E-state index contributed by atoms with van der Waals surface area (Å²) >= 11 is 0. The summed E-state index contributed by atoms with van der Waals surface area (Å²) in [6.07, 6.45) is 1.19. The predicted octanol–water partition coefficient (Wildman–Crippen LogP) is 5.51. The van der Waals surface area contributed by atoms with Crippen LogP contribution in [0.5, 0.6) is 0 Å². The summed E-state index contributed by atoms with van der Waals surface area (Å²) in [5.74, 6) is 0.620. The van der Waals surface area contributed by atoms with Crippen LogP contribution in [0.1, 0.15) is 31.7 Å². The molecular weight excluding hydrogens is 216 g/mol. The molecule has 0 radical (unpaired) electrons. The average molecular weight is 234 g/mol. The molecule has 90 valence electrons. The van der Waals surface area contributed by atoms with Gasteiger partial charge in [-0.25, -0.2) is 0 Å². The molecule has 0 spiro atoms. The molecule has 0 saturated carbocycles. The van der Waals surface area contributed by atoms with E-state index < -0.39 is 0 Å². The monoisotopic (exact) mass is 234 g/mol. The Balaban J connectivity index is 2.36. The van der Waals surface area contributed by atoms with Crippen LogP contribution in [0, 0.1) is 0 Å². The zero-order valence-electron chi connectivity index (χ0n) is 11.0. The maximum Gasteiger partial charge on any atom is -0.0143 e. The zero-order chi connectivity index (χ0) is 12.5. The fourth-order valence-corrected chi connectivity index (χ4v) is 2.64. The molecule has 3 rings (SSSR count). The largest absolute Gasteiger partial charge is 0.0648 e. The maximum absolute atomic E-state index is 2.34. The first kappa shape index (κ1) is 11.3. The van der Waals surface area contributed by atoms with Gasteiger partial charge in [0.25, 0.3) is 0 Å². The minimum Gasteiger partial charge on any atom is -0.0648 e. The topological polar surface area (TPSA) is 0 Å². The number of fused-ring (bicyclic) bond motifs is 2. The van der Waals surface area contributed by atoms with E-state index in [1.54, 1.807) is 0 Å². The molecule has 18 heavy (non-hydrogen) atoms. The Hall–Kier alpha value is -1.82. The van der Waals surface area contributed by atoms with E-state index in [9.17, 15) is 0 Å². The Morgan fingerprint density at radius 1 is 0.833 bits per heavy atom. The molecule has 0 aromatic heterocycles. The molecule has 0 amide bonds. The third-order valence-electron chi connectivity index (χ3n) is 3.92. The van der Waals surface area contributed by atoms with Crippen molar-refractivity contribution < 1.29 is 0 Å². The normalized spacial score (nSPS) is 13.0. The van der Waals surface area contributed by atoms with E-state index in [1.807, 2.05) is 0 Å². The number of hydrogen-bond acceptors (Lipinski definition) is 0. The van der Waals surface area contributed by atoms with Gasteiger partial charge in [0.2, 0.25) is 0 Å². The molecule has 3 aromatic rings. The Bertz CT molecular complexity index is 695. The summed E-state index contributed by atoms with van der Waals surface area (Å²) in [7, 11) is 0. The Morgan fingerprint density at radius 3 is 2.22 bits per heavy atom. The van der Waals surface area contributed by atoms with Crippen molar-refractivity contribution in [2.75, 3.05) is 0 Å². The van der Waals surface area contributed by atoms with E-state index in [-0.39, 0.29) is 0 Å². The summed E-state index contributed by atoms with van der Waals surface area (Å²) in [4.78, 5) is 0. The highest BCUT2D eigenvalue weighted by molar-refractivity contribution is 5.99. The second-order valence-electron chi connectivity index (χ2n) is 5.08. The van der Waals surface area contributed by atoms with Crippen molar-refractivity contribution in [3.63, 3.8) is 0 Å². The van der Waals surface area contributed by atoms with E-state index in [0.29, 0.717) is 5.92 Å². The van der Waals surface area contributed by atoms with Crippen LogP contribution < -0.4 is 0 Å². The molecule has 0 nitrogen and oxygen atoms in total. The van der Waals surface area contributed by atoms with Gasteiger partial charge >= 0.3 is 0 Å². The smallest absolute Gasteiger partial charge is 0.0143 e. The molecule has 0 bridgehead atoms. The van der Waals surface area contributed by atoms with Crippen LogP contribution in [-0.4, -0.2) is 0 Å². The van der Waals surface area contributed by atoms with E-state index in [2.05, 4.69) is 68.4 Å². The lowest BCUT2D eigenvalue weighted by molar-refractivity contribution is 0.740. The highest BCUT2D eigenvalue weighted by Crippen LogP contribution is 2.30. The number of hydrogen-bond donors (Lipinski definition) is 0. The third kappa shape index (κ3) is 1.78. The van der Waals surface area contributed by atoms with Crippen molar-refractivity contribution in [3.05, 3.63) is 60.2 Å². The summed E-state index contributed by atoms with van der Waals surface area (Å²) in [6, 6.07) is 19.9. The molecule has 0 N–H and O–H groups in total. The van der Waals surface area contributed by atoms with Gasteiger partial charge in [0.05, 0.1) is 0 Å². The van der Waals surface area contributed by atoms with Gasteiger partial charge in [-0.3, -0.25) is 0 Å². The van der Waals surface area contributed by atoms with Gasteiger partial charge in [-0.05, 0) is 51.6 Å². The molecule has 0 heterocycles. The SMILES string of the molecule is CCC(C)c1cccc2cc3ccccc3cc12. The van der Waals surface area contributed by atoms with E-state index >= 15 is 0 Å². The van der Waals surface area contributed by atoms with Crippen molar-refractivity contribution in [1.29, 1.82) is 0 Å². The van der Waals surface area contributed by atoms with Gasteiger partial charge < -0.3 is 0 Å². The van der Waals surface area contributed by atoms with Gasteiger partial charge in [-0.15, -0.1) is 0 Å². The number of benzene rings is 3. The lowest BCUT2D eigenvalue weighted by atomic mass is 9.91. The average Bonchev–Trinajstić information content (AvgIpc) is 2.43. The quantitative estimate of drug-likeness (QED) is 0.513. The Kier molecular flexibility index (Phi) is 2.79. The summed E-state index contributed by atoms with van der Waals surface area (Å²) in [5, 5.41) is 5.42. The van der Waals surface area contributed by atoms with Crippen molar-refractivity contribution in [1.82, 2.24) is 0 Å². The van der Waals surface area contributed by atoms with Crippen molar-refractivity contribution in [2.24, 2.45) is 0 Å². The summed E-state index contributed by atoms with van der Waals surface area (Å²) < 4.78 is 0.